The molecule has 0 saturated carbocycles. The standard InChI is InChI=1S/C7H12NO3/c1-7(2,3)11-6(10)5(8)4-9/h5H,8H2,1-3H3. The number of hydrogen-bond donors (Lipinski definition) is 1. The predicted molar refractivity (Wildman–Crippen MR) is 39.5 cm³/mol. The van der Waals surface area contributed by atoms with E-state index in [9.17, 15) is 9.59 Å². The van der Waals surface area contributed by atoms with Crippen molar-refractivity contribution >= 4 is 12.3 Å². The first kappa shape index (κ1) is 10.1. The highest BCUT2D eigenvalue weighted by Gasteiger charge is 2.21. The molecule has 2 N–H and O–H groups in total. The highest BCUT2D eigenvalue weighted by molar-refractivity contribution is 5.92. The van der Waals surface area contributed by atoms with Crippen LogP contribution < -0.4 is 5.73 Å². The van der Waals surface area contributed by atoms with E-state index in [1.807, 2.05) is 0 Å². The van der Waals surface area contributed by atoms with Gasteiger partial charge in [0.2, 0.25) is 6.29 Å². The second-order valence-corrected chi connectivity index (χ2v) is 3.13. The smallest absolute Gasteiger partial charge is 0.331 e. The van der Waals surface area contributed by atoms with E-state index in [-0.39, 0.29) is 0 Å². The fourth-order valence-corrected chi connectivity index (χ4v) is 0.413. The zero-order chi connectivity index (χ0) is 9.07. The Hall–Kier alpha value is -0.900. The molecule has 0 bridgehead atoms. The number of nitrogens with two attached hydrogens (primary N) is 1. The van der Waals surface area contributed by atoms with Gasteiger partial charge in [-0.15, -0.1) is 0 Å². The van der Waals surface area contributed by atoms with Crippen LogP contribution in [0.2, 0.25) is 0 Å². The number of rotatable bonds is 2. The molecule has 11 heavy (non-hydrogen) atoms. The zero-order valence-electron chi connectivity index (χ0n) is 6.88. The highest BCUT2D eigenvalue weighted by atomic mass is 16.6. The molecule has 0 spiro atoms. The van der Waals surface area contributed by atoms with Crippen molar-refractivity contribution in [2.45, 2.75) is 32.4 Å². The Labute approximate surface area is 65.7 Å². The Bertz CT molecular complexity index is 160. The van der Waals surface area contributed by atoms with Gasteiger partial charge in [0.15, 0.2) is 6.04 Å². The molecule has 0 aromatic carbocycles. The molecule has 1 unspecified atom stereocenters. The summed E-state index contributed by atoms with van der Waals surface area (Å²) in [5.74, 6) is -0.743. The molecule has 4 heteroatoms. The number of ether oxygens (including phenoxy) is 1. The van der Waals surface area contributed by atoms with E-state index in [1.54, 1.807) is 20.8 Å². The van der Waals surface area contributed by atoms with Crippen LogP contribution in [-0.2, 0) is 14.3 Å². The van der Waals surface area contributed by atoms with Crippen LogP contribution in [-0.4, -0.2) is 23.9 Å². The predicted octanol–water partition coefficient (Wildman–Crippen LogP) is -0.235. The van der Waals surface area contributed by atoms with Crippen molar-refractivity contribution in [3.63, 3.8) is 0 Å². The maximum Gasteiger partial charge on any atom is 0.331 e. The number of esters is 1. The lowest BCUT2D eigenvalue weighted by molar-refractivity contribution is -0.154. The molecule has 1 radical (unpaired) electrons. The summed E-state index contributed by atoms with van der Waals surface area (Å²) in [6.07, 6.45) is 1.34. The fourth-order valence-electron chi connectivity index (χ4n) is 0.413. The monoisotopic (exact) mass is 158 g/mol. The molecular weight excluding hydrogens is 146 g/mol. The Kier molecular flexibility index (Phi) is 3.19. The van der Waals surface area contributed by atoms with Crippen molar-refractivity contribution in [3.8, 4) is 0 Å². The van der Waals surface area contributed by atoms with Crippen molar-refractivity contribution < 1.29 is 14.3 Å². The molecule has 0 aromatic rings. The average molecular weight is 158 g/mol. The molecule has 0 saturated heterocycles. The lowest BCUT2D eigenvalue weighted by Crippen LogP contribution is -2.38. The van der Waals surface area contributed by atoms with Crippen LogP contribution in [0, 0.1) is 0 Å². The maximum absolute atomic E-state index is 10.8. The second kappa shape index (κ2) is 3.48. The zero-order valence-corrected chi connectivity index (χ0v) is 6.88. The van der Waals surface area contributed by atoms with Crippen LogP contribution in [0.4, 0.5) is 0 Å². The van der Waals surface area contributed by atoms with Crippen LogP contribution >= 0.6 is 0 Å². The third-order valence-electron chi connectivity index (χ3n) is 0.788. The number of carbonyl (C=O) groups is 1. The molecule has 1 atom stereocenters. The molecule has 0 aliphatic heterocycles. The molecule has 0 aliphatic carbocycles. The van der Waals surface area contributed by atoms with Crippen LogP contribution in [0.15, 0.2) is 0 Å². The summed E-state index contributed by atoms with van der Waals surface area (Å²) in [6.45, 7) is 5.09. The van der Waals surface area contributed by atoms with Gasteiger partial charge in [0, 0.05) is 0 Å². The molecular formula is C7H12NO3. The topological polar surface area (TPSA) is 69.4 Å². The van der Waals surface area contributed by atoms with E-state index >= 15 is 0 Å². The van der Waals surface area contributed by atoms with Gasteiger partial charge in [-0.25, -0.2) is 4.79 Å². The Morgan fingerprint density at radius 2 is 2.00 bits per heavy atom. The van der Waals surface area contributed by atoms with Crippen LogP contribution in [0.3, 0.4) is 0 Å². The summed E-state index contributed by atoms with van der Waals surface area (Å²) >= 11 is 0. The van der Waals surface area contributed by atoms with Crippen molar-refractivity contribution in [1.82, 2.24) is 0 Å². The summed E-state index contributed by atoms with van der Waals surface area (Å²) in [7, 11) is 0. The van der Waals surface area contributed by atoms with Gasteiger partial charge in [0.25, 0.3) is 0 Å². The van der Waals surface area contributed by atoms with Crippen molar-refractivity contribution in [2.75, 3.05) is 0 Å². The molecule has 0 rings (SSSR count). The minimum atomic E-state index is -1.28. The van der Waals surface area contributed by atoms with Gasteiger partial charge < -0.3 is 10.5 Å². The fraction of sp³-hybridized carbons (Fsp3) is 0.714. The first-order chi connectivity index (χ1) is 4.87. The third-order valence-corrected chi connectivity index (χ3v) is 0.788. The number of carbonyl (C=O) groups excluding carboxylic acids is 2. The van der Waals surface area contributed by atoms with E-state index in [1.165, 1.54) is 6.29 Å². The first-order valence-corrected chi connectivity index (χ1v) is 3.23. The third kappa shape index (κ3) is 4.50. The van der Waals surface area contributed by atoms with Crippen LogP contribution in [0.25, 0.3) is 0 Å². The minimum Gasteiger partial charge on any atom is -0.458 e. The molecule has 63 valence electrons. The van der Waals surface area contributed by atoms with Gasteiger partial charge >= 0.3 is 5.97 Å². The second-order valence-electron chi connectivity index (χ2n) is 3.13. The number of hydrogen-bond acceptors (Lipinski definition) is 4. The van der Waals surface area contributed by atoms with Crippen LogP contribution in [0.5, 0.6) is 0 Å². The van der Waals surface area contributed by atoms with Crippen molar-refractivity contribution in [3.05, 3.63) is 0 Å². The van der Waals surface area contributed by atoms with Gasteiger partial charge in [-0.2, -0.15) is 0 Å². The van der Waals surface area contributed by atoms with Gasteiger partial charge in [0.05, 0.1) is 0 Å². The summed E-state index contributed by atoms with van der Waals surface area (Å²) in [5.41, 5.74) is 4.42. The molecule has 0 aromatic heterocycles. The quantitative estimate of drug-likeness (QED) is 0.445. The molecule has 0 fully saturated rings. The molecule has 0 aliphatic rings. The van der Waals surface area contributed by atoms with E-state index in [0.29, 0.717) is 0 Å². The Morgan fingerprint density at radius 1 is 1.55 bits per heavy atom. The average Bonchev–Trinajstić information content (AvgIpc) is 1.82. The Balaban J connectivity index is 3.98. The SMILES string of the molecule is CC(C)(C)OC(=O)C(N)[C]=O. The lowest BCUT2D eigenvalue weighted by atomic mass is 10.2. The van der Waals surface area contributed by atoms with Crippen molar-refractivity contribution in [2.24, 2.45) is 5.73 Å². The lowest BCUT2D eigenvalue weighted by Gasteiger charge is -2.19. The summed E-state index contributed by atoms with van der Waals surface area (Å²) in [4.78, 5) is 20.7. The van der Waals surface area contributed by atoms with E-state index < -0.39 is 17.6 Å². The normalized spacial score (nSPS) is 13.8. The highest BCUT2D eigenvalue weighted by Crippen LogP contribution is 2.06. The van der Waals surface area contributed by atoms with Crippen molar-refractivity contribution in [1.29, 1.82) is 0 Å². The van der Waals surface area contributed by atoms with E-state index in [4.69, 9.17) is 10.5 Å². The van der Waals surface area contributed by atoms with E-state index in [2.05, 4.69) is 0 Å². The first-order valence-electron chi connectivity index (χ1n) is 3.23. The van der Waals surface area contributed by atoms with Crippen LogP contribution in [0.1, 0.15) is 20.8 Å². The van der Waals surface area contributed by atoms with Gasteiger partial charge in [-0.1, -0.05) is 0 Å². The van der Waals surface area contributed by atoms with Gasteiger partial charge in [-0.3, -0.25) is 4.79 Å². The molecule has 0 heterocycles. The van der Waals surface area contributed by atoms with E-state index in [0.717, 1.165) is 0 Å². The van der Waals surface area contributed by atoms with Gasteiger partial charge in [-0.05, 0) is 20.8 Å². The van der Waals surface area contributed by atoms with Gasteiger partial charge in [0.1, 0.15) is 5.60 Å². The minimum absolute atomic E-state index is 0.606. The summed E-state index contributed by atoms with van der Waals surface area (Å²) in [5, 5.41) is 0. The maximum atomic E-state index is 10.8. The Morgan fingerprint density at radius 3 is 2.27 bits per heavy atom. The molecule has 0 amide bonds. The summed E-state index contributed by atoms with van der Waals surface area (Å²) < 4.78 is 4.76. The molecule has 4 nitrogen and oxygen atoms in total. The summed E-state index contributed by atoms with van der Waals surface area (Å²) in [6, 6.07) is -1.28. The largest absolute Gasteiger partial charge is 0.458 e.